The molecule has 1 amide bonds. The lowest BCUT2D eigenvalue weighted by Gasteiger charge is -2.26. The fourth-order valence-corrected chi connectivity index (χ4v) is 1.78. The molecule has 0 aromatic carbocycles. The number of nitrogens with two attached hydrogens (primary N) is 1. The molecular formula is C12H26N2O2. The monoisotopic (exact) mass is 230 g/mol. The van der Waals surface area contributed by atoms with E-state index in [4.69, 9.17) is 5.73 Å². The van der Waals surface area contributed by atoms with E-state index in [1.807, 2.05) is 20.8 Å². The van der Waals surface area contributed by atoms with Gasteiger partial charge in [0.05, 0.1) is 5.60 Å². The normalized spacial score (nSPS) is 16.9. The zero-order valence-corrected chi connectivity index (χ0v) is 10.9. The van der Waals surface area contributed by atoms with Crippen LogP contribution in [0.3, 0.4) is 0 Å². The van der Waals surface area contributed by atoms with Crippen LogP contribution in [0.5, 0.6) is 0 Å². The maximum Gasteiger partial charge on any atom is 0.222 e. The maximum absolute atomic E-state index is 11.6. The van der Waals surface area contributed by atoms with Crippen LogP contribution < -0.4 is 11.1 Å². The molecule has 0 aliphatic heterocycles. The van der Waals surface area contributed by atoms with Crippen molar-refractivity contribution in [3.63, 3.8) is 0 Å². The van der Waals surface area contributed by atoms with E-state index in [0.717, 1.165) is 0 Å². The van der Waals surface area contributed by atoms with Gasteiger partial charge in [0.2, 0.25) is 5.91 Å². The molecule has 0 fully saturated rings. The molecule has 0 rings (SSSR count). The first-order chi connectivity index (χ1) is 7.28. The molecule has 0 heterocycles. The summed E-state index contributed by atoms with van der Waals surface area (Å²) in [6.07, 6.45) is 1.36. The Morgan fingerprint density at radius 1 is 1.44 bits per heavy atom. The molecule has 0 saturated heterocycles. The Balaban J connectivity index is 3.99. The third-order valence-electron chi connectivity index (χ3n) is 2.54. The molecule has 0 aliphatic carbocycles. The van der Waals surface area contributed by atoms with Gasteiger partial charge in [0, 0.05) is 12.5 Å². The van der Waals surface area contributed by atoms with Crippen molar-refractivity contribution in [1.29, 1.82) is 0 Å². The van der Waals surface area contributed by atoms with Crippen molar-refractivity contribution >= 4 is 5.91 Å². The van der Waals surface area contributed by atoms with Crippen LogP contribution in [-0.4, -0.2) is 29.7 Å². The van der Waals surface area contributed by atoms with E-state index in [1.165, 1.54) is 0 Å². The molecule has 0 bridgehead atoms. The van der Waals surface area contributed by atoms with Crippen molar-refractivity contribution in [3.8, 4) is 0 Å². The fraction of sp³-hybridized carbons (Fsp3) is 0.917. The van der Waals surface area contributed by atoms with Crippen molar-refractivity contribution in [2.45, 2.75) is 46.1 Å². The Morgan fingerprint density at radius 2 is 2.00 bits per heavy atom. The molecule has 4 N–H and O–H groups in total. The van der Waals surface area contributed by atoms with Crippen LogP contribution in [0.15, 0.2) is 0 Å². The minimum Gasteiger partial charge on any atom is -0.388 e. The topological polar surface area (TPSA) is 75.3 Å². The number of carbonyl (C=O) groups is 1. The van der Waals surface area contributed by atoms with Gasteiger partial charge in [-0.15, -0.1) is 0 Å². The highest BCUT2D eigenvalue weighted by atomic mass is 16.3. The molecule has 2 atom stereocenters. The summed E-state index contributed by atoms with van der Waals surface area (Å²) in [6.45, 7) is 8.51. The maximum atomic E-state index is 11.6. The summed E-state index contributed by atoms with van der Waals surface area (Å²) < 4.78 is 0. The number of hydrogen-bond acceptors (Lipinski definition) is 3. The molecule has 0 aromatic heterocycles. The number of nitrogens with one attached hydrogen (secondary N) is 1. The number of hydrogen-bond donors (Lipinski definition) is 3. The van der Waals surface area contributed by atoms with Gasteiger partial charge >= 0.3 is 0 Å². The largest absolute Gasteiger partial charge is 0.388 e. The zero-order valence-electron chi connectivity index (χ0n) is 10.9. The van der Waals surface area contributed by atoms with Crippen molar-refractivity contribution in [1.82, 2.24) is 5.32 Å². The quantitative estimate of drug-likeness (QED) is 0.608. The number of amides is 1. The molecule has 0 aliphatic rings. The third kappa shape index (κ3) is 6.80. The summed E-state index contributed by atoms with van der Waals surface area (Å²) >= 11 is 0. The highest BCUT2D eigenvalue weighted by Gasteiger charge is 2.23. The predicted molar refractivity (Wildman–Crippen MR) is 65.9 cm³/mol. The molecule has 0 saturated carbocycles. The summed E-state index contributed by atoms with van der Waals surface area (Å²) in [6, 6.07) is 0. The van der Waals surface area contributed by atoms with Crippen LogP contribution in [0, 0.1) is 11.8 Å². The van der Waals surface area contributed by atoms with Crippen molar-refractivity contribution in [3.05, 3.63) is 0 Å². The lowest BCUT2D eigenvalue weighted by atomic mass is 9.94. The molecule has 4 nitrogen and oxygen atoms in total. The van der Waals surface area contributed by atoms with Crippen molar-refractivity contribution < 1.29 is 9.90 Å². The van der Waals surface area contributed by atoms with Gasteiger partial charge in [0.25, 0.3) is 0 Å². The van der Waals surface area contributed by atoms with Gasteiger partial charge < -0.3 is 16.2 Å². The SMILES string of the molecule is CC(C)CC(C)(O)CNC(=O)C(C)CCN. The van der Waals surface area contributed by atoms with Crippen LogP contribution in [0.2, 0.25) is 0 Å². The Hall–Kier alpha value is -0.610. The molecule has 96 valence electrons. The second-order valence-electron chi connectivity index (χ2n) is 5.29. The van der Waals surface area contributed by atoms with Gasteiger partial charge in [0.1, 0.15) is 0 Å². The molecule has 0 radical (unpaired) electrons. The van der Waals surface area contributed by atoms with Gasteiger partial charge in [-0.3, -0.25) is 4.79 Å². The van der Waals surface area contributed by atoms with Gasteiger partial charge in [-0.2, -0.15) is 0 Å². The van der Waals surface area contributed by atoms with E-state index < -0.39 is 5.60 Å². The standard InChI is InChI=1S/C12H26N2O2/c1-9(2)7-12(4,16)8-14-11(15)10(3)5-6-13/h9-10,16H,5-8,13H2,1-4H3,(H,14,15). The third-order valence-corrected chi connectivity index (χ3v) is 2.54. The van der Waals surface area contributed by atoms with Crippen LogP contribution >= 0.6 is 0 Å². The summed E-state index contributed by atoms with van der Waals surface area (Å²) in [5, 5.41) is 12.8. The van der Waals surface area contributed by atoms with E-state index in [9.17, 15) is 9.90 Å². The Bertz CT molecular complexity index is 215. The average molecular weight is 230 g/mol. The fourth-order valence-electron chi connectivity index (χ4n) is 1.78. The lowest BCUT2D eigenvalue weighted by molar-refractivity contribution is -0.125. The van der Waals surface area contributed by atoms with Gasteiger partial charge in [-0.25, -0.2) is 0 Å². The zero-order chi connectivity index (χ0) is 12.8. The van der Waals surface area contributed by atoms with E-state index >= 15 is 0 Å². The van der Waals surface area contributed by atoms with Crippen molar-refractivity contribution in [2.75, 3.05) is 13.1 Å². The Kier molecular flexibility index (Phi) is 6.60. The summed E-state index contributed by atoms with van der Waals surface area (Å²) in [7, 11) is 0. The van der Waals surface area contributed by atoms with Gasteiger partial charge in [0.15, 0.2) is 0 Å². The van der Waals surface area contributed by atoms with E-state index in [1.54, 1.807) is 6.92 Å². The van der Waals surface area contributed by atoms with Gasteiger partial charge in [-0.1, -0.05) is 20.8 Å². The van der Waals surface area contributed by atoms with Crippen molar-refractivity contribution in [2.24, 2.45) is 17.6 Å². The summed E-state index contributed by atoms with van der Waals surface area (Å²) in [5.41, 5.74) is 4.56. The summed E-state index contributed by atoms with van der Waals surface area (Å²) in [5.74, 6) is 0.294. The number of rotatable bonds is 7. The minimum absolute atomic E-state index is 0.0329. The van der Waals surface area contributed by atoms with Crippen LogP contribution in [0.4, 0.5) is 0 Å². The molecular weight excluding hydrogens is 204 g/mol. The highest BCUT2D eigenvalue weighted by Crippen LogP contribution is 2.15. The molecule has 4 heteroatoms. The molecule has 2 unspecified atom stereocenters. The van der Waals surface area contributed by atoms with E-state index in [0.29, 0.717) is 31.8 Å². The lowest BCUT2D eigenvalue weighted by Crippen LogP contribution is -2.43. The molecule has 16 heavy (non-hydrogen) atoms. The Morgan fingerprint density at radius 3 is 2.44 bits per heavy atom. The number of carbonyl (C=O) groups excluding carboxylic acids is 1. The minimum atomic E-state index is -0.827. The highest BCUT2D eigenvalue weighted by molar-refractivity contribution is 5.78. The first-order valence-electron chi connectivity index (χ1n) is 5.98. The second kappa shape index (κ2) is 6.86. The average Bonchev–Trinajstić information content (AvgIpc) is 2.12. The molecule has 0 aromatic rings. The summed E-state index contributed by atoms with van der Waals surface area (Å²) in [4.78, 5) is 11.6. The Labute approximate surface area is 98.6 Å². The smallest absolute Gasteiger partial charge is 0.222 e. The van der Waals surface area contributed by atoms with E-state index in [-0.39, 0.29) is 11.8 Å². The predicted octanol–water partition coefficient (Wildman–Crippen LogP) is 0.885. The first-order valence-corrected chi connectivity index (χ1v) is 5.98. The number of aliphatic hydroxyl groups is 1. The second-order valence-corrected chi connectivity index (χ2v) is 5.29. The molecule has 0 spiro atoms. The van der Waals surface area contributed by atoms with Crippen LogP contribution in [0.25, 0.3) is 0 Å². The first kappa shape index (κ1) is 15.4. The van der Waals surface area contributed by atoms with Gasteiger partial charge in [-0.05, 0) is 32.2 Å². The van der Waals surface area contributed by atoms with Crippen LogP contribution in [0.1, 0.15) is 40.5 Å². The van der Waals surface area contributed by atoms with Crippen LogP contribution in [-0.2, 0) is 4.79 Å². The van der Waals surface area contributed by atoms with E-state index in [2.05, 4.69) is 5.32 Å².